The van der Waals surface area contributed by atoms with Crippen LogP contribution in [0.25, 0.3) is 0 Å². The quantitative estimate of drug-likeness (QED) is 0.332. The minimum Gasteiger partial charge on any atom is -0.409 e. The Kier molecular flexibility index (Phi) is 5.20. The molecule has 1 rings (SSSR count). The molecule has 1 aromatic carbocycles. The van der Waals surface area contributed by atoms with Crippen molar-refractivity contribution in [3.8, 4) is 0 Å². The van der Waals surface area contributed by atoms with Crippen LogP contribution in [0, 0.1) is 6.92 Å². The SMILES string of the molecule is Cc1cc(N(CCO)CC(F)(F)F)ccc1/C(N)=N/O. The Morgan fingerprint density at radius 3 is 2.50 bits per heavy atom. The Morgan fingerprint density at radius 1 is 1.40 bits per heavy atom. The van der Waals surface area contributed by atoms with Crippen LogP contribution < -0.4 is 10.6 Å². The van der Waals surface area contributed by atoms with Gasteiger partial charge in [-0.1, -0.05) is 5.16 Å². The predicted molar refractivity (Wildman–Crippen MR) is 69.0 cm³/mol. The van der Waals surface area contributed by atoms with Crippen LogP contribution >= 0.6 is 0 Å². The molecule has 112 valence electrons. The van der Waals surface area contributed by atoms with Crippen LogP contribution in [0.1, 0.15) is 11.1 Å². The topological polar surface area (TPSA) is 82.1 Å². The molecule has 5 nitrogen and oxygen atoms in total. The summed E-state index contributed by atoms with van der Waals surface area (Å²) in [6, 6.07) is 4.40. The predicted octanol–water partition coefficient (Wildman–Crippen LogP) is 1.45. The van der Waals surface area contributed by atoms with E-state index >= 15 is 0 Å². The van der Waals surface area contributed by atoms with Crippen LogP contribution in [0.4, 0.5) is 18.9 Å². The summed E-state index contributed by atoms with van der Waals surface area (Å²) >= 11 is 0. The average molecular weight is 291 g/mol. The first kappa shape index (κ1) is 16.1. The van der Waals surface area contributed by atoms with Crippen LogP contribution in [-0.2, 0) is 0 Å². The molecule has 0 aliphatic heterocycles. The number of nitrogens with zero attached hydrogens (tertiary/aromatic N) is 2. The monoisotopic (exact) mass is 291 g/mol. The van der Waals surface area contributed by atoms with Gasteiger partial charge in [-0.2, -0.15) is 13.2 Å². The first-order valence-corrected chi connectivity index (χ1v) is 5.79. The summed E-state index contributed by atoms with van der Waals surface area (Å²) in [5.41, 5.74) is 6.77. The van der Waals surface area contributed by atoms with Gasteiger partial charge < -0.3 is 20.9 Å². The van der Waals surface area contributed by atoms with Gasteiger partial charge in [0.25, 0.3) is 0 Å². The number of nitrogens with two attached hydrogens (primary N) is 1. The van der Waals surface area contributed by atoms with Crippen LogP contribution in [-0.4, -0.2) is 42.0 Å². The number of benzene rings is 1. The van der Waals surface area contributed by atoms with Gasteiger partial charge in [0.05, 0.1) is 6.61 Å². The van der Waals surface area contributed by atoms with E-state index in [1.54, 1.807) is 6.92 Å². The Hall–Kier alpha value is -1.96. The lowest BCUT2D eigenvalue weighted by atomic mass is 10.1. The fraction of sp³-hybridized carbons (Fsp3) is 0.417. The second kappa shape index (κ2) is 6.47. The highest BCUT2D eigenvalue weighted by atomic mass is 19.4. The molecule has 4 N–H and O–H groups in total. The third kappa shape index (κ3) is 4.30. The maximum atomic E-state index is 12.5. The van der Waals surface area contributed by atoms with Crippen molar-refractivity contribution in [2.75, 3.05) is 24.6 Å². The van der Waals surface area contributed by atoms with Crippen molar-refractivity contribution in [3.63, 3.8) is 0 Å². The molecule has 0 saturated carbocycles. The zero-order chi connectivity index (χ0) is 15.3. The summed E-state index contributed by atoms with van der Waals surface area (Å²) in [5.74, 6) is -0.112. The number of hydrogen-bond donors (Lipinski definition) is 3. The minimum atomic E-state index is -4.37. The summed E-state index contributed by atoms with van der Waals surface area (Å²) in [7, 11) is 0. The smallest absolute Gasteiger partial charge is 0.405 e. The molecule has 0 aromatic heterocycles. The largest absolute Gasteiger partial charge is 0.409 e. The molecule has 1 aromatic rings. The first-order chi connectivity index (χ1) is 9.28. The normalized spacial score (nSPS) is 12.6. The number of halogens is 3. The molecule has 0 spiro atoms. The van der Waals surface area contributed by atoms with Gasteiger partial charge in [0.1, 0.15) is 6.54 Å². The van der Waals surface area contributed by atoms with E-state index in [0.29, 0.717) is 16.8 Å². The summed E-state index contributed by atoms with van der Waals surface area (Å²) < 4.78 is 37.4. The second-order valence-electron chi connectivity index (χ2n) is 4.24. The van der Waals surface area contributed by atoms with Gasteiger partial charge in [-0.25, -0.2) is 0 Å². The number of aliphatic hydroxyl groups excluding tert-OH is 1. The van der Waals surface area contributed by atoms with Crippen molar-refractivity contribution in [1.82, 2.24) is 0 Å². The molecular weight excluding hydrogens is 275 g/mol. The molecule has 0 atom stereocenters. The van der Waals surface area contributed by atoms with E-state index in [-0.39, 0.29) is 12.4 Å². The van der Waals surface area contributed by atoms with E-state index in [2.05, 4.69) is 5.16 Å². The maximum absolute atomic E-state index is 12.5. The van der Waals surface area contributed by atoms with E-state index in [1.165, 1.54) is 18.2 Å². The Balaban J connectivity index is 3.07. The van der Waals surface area contributed by atoms with Gasteiger partial charge >= 0.3 is 6.18 Å². The number of aryl methyl sites for hydroxylation is 1. The van der Waals surface area contributed by atoms with E-state index in [0.717, 1.165) is 4.90 Å². The third-order valence-electron chi connectivity index (χ3n) is 2.70. The molecule has 8 heteroatoms. The molecule has 0 radical (unpaired) electrons. The number of aliphatic hydroxyl groups is 1. The van der Waals surface area contributed by atoms with Gasteiger partial charge in [0.2, 0.25) is 0 Å². The second-order valence-corrected chi connectivity index (χ2v) is 4.24. The molecular formula is C12H16F3N3O2. The van der Waals surface area contributed by atoms with Gasteiger partial charge in [-0.3, -0.25) is 0 Å². The number of anilines is 1. The van der Waals surface area contributed by atoms with Gasteiger partial charge in [0.15, 0.2) is 5.84 Å². The van der Waals surface area contributed by atoms with Crippen LogP contribution in [0.3, 0.4) is 0 Å². The molecule has 0 bridgehead atoms. The lowest BCUT2D eigenvalue weighted by Crippen LogP contribution is -2.36. The summed E-state index contributed by atoms with van der Waals surface area (Å²) in [4.78, 5) is 1.02. The fourth-order valence-corrected chi connectivity index (χ4v) is 1.82. The summed E-state index contributed by atoms with van der Waals surface area (Å²) in [5, 5.41) is 20.3. The molecule has 0 aliphatic rings. The van der Waals surface area contributed by atoms with Gasteiger partial charge in [-0.15, -0.1) is 0 Å². The molecule has 0 unspecified atom stereocenters. The highest BCUT2D eigenvalue weighted by Gasteiger charge is 2.30. The average Bonchev–Trinajstić information content (AvgIpc) is 2.35. The van der Waals surface area contributed by atoms with Crippen molar-refractivity contribution in [3.05, 3.63) is 29.3 Å². The zero-order valence-electron chi connectivity index (χ0n) is 10.9. The minimum absolute atomic E-state index is 0.112. The summed E-state index contributed by atoms with van der Waals surface area (Å²) in [6.45, 7) is -0.0451. The van der Waals surface area contributed by atoms with Crippen molar-refractivity contribution < 1.29 is 23.5 Å². The van der Waals surface area contributed by atoms with Crippen LogP contribution in [0.2, 0.25) is 0 Å². The van der Waals surface area contributed by atoms with Gasteiger partial charge in [-0.05, 0) is 30.7 Å². The van der Waals surface area contributed by atoms with Crippen molar-refractivity contribution >= 4 is 11.5 Å². The number of hydrogen-bond acceptors (Lipinski definition) is 4. The standard InChI is InChI=1S/C12H16F3N3O2/c1-8-6-9(2-3-10(8)11(16)17-20)18(4-5-19)7-12(13,14)15/h2-3,6,19-20H,4-5,7H2,1H3,(H2,16,17). The van der Waals surface area contributed by atoms with E-state index in [1.807, 2.05) is 0 Å². The molecule has 0 fully saturated rings. The lowest BCUT2D eigenvalue weighted by molar-refractivity contribution is -0.119. The van der Waals surface area contributed by atoms with Crippen LogP contribution in [0.15, 0.2) is 23.4 Å². The zero-order valence-corrected chi connectivity index (χ0v) is 10.9. The number of rotatable bonds is 5. The van der Waals surface area contributed by atoms with Crippen molar-refractivity contribution in [2.45, 2.75) is 13.1 Å². The Labute approximate surface area is 114 Å². The highest BCUT2D eigenvalue weighted by molar-refractivity contribution is 5.98. The molecule has 0 saturated heterocycles. The van der Waals surface area contributed by atoms with E-state index < -0.39 is 19.3 Å². The number of alkyl halides is 3. The Morgan fingerprint density at radius 2 is 2.05 bits per heavy atom. The van der Waals surface area contributed by atoms with Gasteiger partial charge in [0, 0.05) is 17.8 Å². The van der Waals surface area contributed by atoms with E-state index in [4.69, 9.17) is 16.0 Å². The maximum Gasteiger partial charge on any atom is 0.405 e. The highest BCUT2D eigenvalue weighted by Crippen LogP contribution is 2.24. The number of amidine groups is 1. The van der Waals surface area contributed by atoms with Crippen LogP contribution in [0.5, 0.6) is 0 Å². The Bertz CT molecular complexity index is 489. The van der Waals surface area contributed by atoms with Crippen molar-refractivity contribution in [2.24, 2.45) is 10.9 Å². The fourth-order valence-electron chi connectivity index (χ4n) is 1.82. The van der Waals surface area contributed by atoms with E-state index in [9.17, 15) is 13.2 Å². The lowest BCUT2D eigenvalue weighted by Gasteiger charge is -2.25. The summed E-state index contributed by atoms with van der Waals surface area (Å²) in [6.07, 6.45) is -4.37. The molecule has 0 aliphatic carbocycles. The van der Waals surface area contributed by atoms with Crippen molar-refractivity contribution in [1.29, 1.82) is 0 Å². The molecule has 0 amide bonds. The molecule has 20 heavy (non-hydrogen) atoms. The molecule has 0 heterocycles. The third-order valence-corrected chi connectivity index (χ3v) is 2.70. The number of oxime groups is 1. The first-order valence-electron chi connectivity index (χ1n) is 5.79.